The van der Waals surface area contributed by atoms with E-state index in [1.54, 1.807) is 0 Å². The second-order valence-corrected chi connectivity index (χ2v) is 10.3. The molecule has 3 heteroatoms. The van der Waals surface area contributed by atoms with E-state index < -0.39 is 20.9 Å². The predicted octanol–water partition coefficient (Wildman–Crippen LogP) is 4.14. The molecular weight excluding hydrogens is 420 g/mol. The monoisotopic (exact) mass is 450 g/mol. The van der Waals surface area contributed by atoms with Crippen LogP contribution in [0.15, 0.2) is 53.5 Å². The molecule has 1 fully saturated rings. The van der Waals surface area contributed by atoms with Crippen molar-refractivity contribution in [3.63, 3.8) is 0 Å². The zero-order valence-electron chi connectivity index (χ0n) is 15.7. The summed E-state index contributed by atoms with van der Waals surface area (Å²) in [5, 5.41) is 3.84. The molecule has 0 radical (unpaired) electrons. The number of nitrogens with one attached hydrogen (secondary N) is 1. The zero-order valence-corrected chi connectivity index (χ0v) is 18.0. The van der Waals surface area contributed by atoms with Crippen LogP contribution in [0.4, 0.5) is 5.69 Å². The summed E-state index contributed by atoms with van der Waals surface area (Å²) in [6.45, 7) is 10.1. The molecule has 2 nitrogen and oxygen atoms in total. The van der Waals surface area contributed by atoms with E-state index >= 15 is 0 Å². The van der Waals surface area contributed by atoms with E-state index in [1.807, 2.05) is 0 Å². The molecule has 0 aromatic heterocycles. The van der Waals surface area contributed by atoms with Gasteiger partial charge in [0, 0.05) is 0 Å². The Balaban J connectivity index is 2.06. The van der Waals surface area contributed by atoms with Crippen LogP contribution in [0, 0.1) is 19.8 Å². The quantitative estimate of drug-likeness (QED) is 0.540. The summed E-state index contributed by atoms with van der Waals surface area (Å²) < 4.78 is 2.87. The van der Waals surface area contributed by atoms with Crippen LogP contribution in [0.1, 0.15) is 37.8 Å². The van der Waals surface area contributed by atoms with E-state index in [9.17, 15) is 0 Å². The van der Waals surface area contributed by atoms with Crippen molar-refractivity contribution in [1.29, 1.82) is 0 Å². The van der Waals surface area contributed by atoms with Gasteiger partial charge in [-0.2, -0.15) is 0 Å². The molecule has 2 aromatic rings. The minimum absolute atomic E-state index is 0.0649. The Labute approximate surface area is 162 Å². The van der Waals surface area contributed by atoms with Gasteiger partial charge in [-0.05, 0) is 0 Å². The molecule has 3 rings (SSSR count). The number of hydrogen-bond donors (Lipinski definition) is 1. The Bertz CT molecular complexity index is 744. The first-order valence-corrected chi connectivity index (χ1v) is 11.5. The van der Waals surface area contributed by atoms with Crippen molar-refractivity contribution in [2.24, 2.45) is 10.9 Å². The fourth-order valence-corrected chi connectivity index (χ4v) is 7.12. The van der Waals surface area contributed by atoms with Gasteiger partial charge in [-0.1, -0.05) is 0 Å². The molecule has 2 aromatic carbocycles. The summed E-state index contributed by atoms with van der Waals surface area (Å²) in [6, 6.07) is 17.5. The van der Waals surface area contributed by atoms with Crippen molar-refractivity contribution in [2.75, 3.05) is 6.54 Å². The summed E-state index contributed by atoms with van der Waals surface area (Å²) in [6.07, 6.45) is 2.44. The Hall–Kier alpha value is -1.14. The topological polar surface area (TPSA) is 24.4 Å². The average Bonchev–Trinajstić information content (AvgIpc) is 3.08. The molecule has 132 valence electrons. The second-order valence-electron chi connectivity index (χ2n) is 7.28. The standard InChI is InChI=1S/C22H28N2Te/c1-16(2)22(13-8-14-23-22)21(25-19-9-6-5-7-10-19)24-20-12-11-17(3)15-18(20)4/h5-7,9-12,15-16,23H,8,13-14H2,1-4H3. The predicted molar refractivity (Wildman–Crippen MR) is 110 cm³/mol. The normalized spacial score (nSPS) is 21.1. The SMILES string of the molecule is Cc1ccc(N=C([Te]c2ccccc2)C2(C(C)C)CCCN2)c(C)c1. The molecular formula is C22H28N2Te. The number of nitrogens with zero attached hydrogens (tertiary/aromatic N) is 1. The van der Waals surface area contributed by atoms with Crippen LogP contribution in [-0.4, -0.2) is 36.8 Å². The molecule has 0 spiro atoms. The van der Waals surface area contributed by atoms with Crippen LogP contribution in [0.3, 0.4) is 0 Å². The third-order valence-electron chi connectivity index (χ3n) is 5.09. The van der Waals surface area contributed by atoms with E-state index in [0.717, 1.165) is 12.2 Å². The van der Waals surface area contributed by atoms with Crippen molar-refractivity contribution in [3.8, 4) is 0 Å². The van der Waals surface area contributed by atoms with E-state index in [-0.39, 0.29) is 5.54 Å². The van der Waals surface area contributed by atoms with Crippen LogP contribution in [0.5, 0.6) is 0 Å². The van der Waals surface area contributed by atoms with Gasteiger partial charge >= 0.3 is 162 Å². The zero-order chi connectivity index (χ0) is 17.9. The first-order valence-electron chi connectivity index (χ1n) is 9.15. The molecule has 1 aliphatic heterocycles. The summed E-state index contributed by atoms with van der Waals surface area (Å²) in [7, 11) is 0. The number of aryl methyl sites for hydroxylation is 2. The molecule has 1 saturated heterocycles. The number of hydrogen-bond acceptors (Lipinski definition) is 2. The molecule has 1 heterocycles. The minimum atomic E-state index is -0.512. The third kappa shape index (κ3) is 4.17. The van der Waals surface area contributed by atoms with Crippen LogP contribution in [0.25, 0.3) is 0 Å². The number of benzene rings is 2. The van der Waals surface area contributed by atoms with Gasteiger partial charge in [0.2, 0.25) is 0 Å². The average molecular weight is 448 g/mol. The van der Waals surface area contributed by atoms with Crippen LogP contribution in [0.2, 0.25) is 0 Å². The van der Waals surface area contributed by atoms with Crippen molar-refractivity contribution >= 4 is 34.0 Å². The summed E-state index contributed by atoms with van der Waals surface area (Å²) in [5.74, 6) is 0.549. The van der Waals surface area contributed by atoms with Crippen LogP contribution >= 0.6 is 0 Å². The molecule has 25 heavy (non-hydrogen) atoms. The molecule has 0 saturated carbocycles. The van der Waals surface area contributed by atoms with Crippen LogP contribution in [-0.2, 0) is 0 Å². The van der Waals surface area contributed by atoms with Gasteiger partial charge in [0.1, 0.15) is 0 Å². The molecule has 1 atom stereocenters. The molecule has 1 unspecified atom stereocenters. The maximum atomic E-state index is 5.28. The van der Waals surface area contributed by atoms with Gasteiger partial charge in [-0.25, -0.2) is 0 Å². The maximum absolute atomic E-state index is 5.28. The van der Waals surface area contributed by atoms with E-state index in [0.29, 0.717) is 5.92 Å². The van der Waals surface area contributed by atoms with Gasteiger partial charge in [0.25, 0.3) is 0 Å². The molecule has 1 N–H and O–H groups in total. The Kier molecular flexibility index (Phi) is 6.00. The molecule has 1 aliphatic rings. The Morgan fingerprint density at radius 3 is 2.48 bits per heavy atom. The van der Waals surface area contributed by atoms with E-state index in [1.165, 1.54) is 31.3 Å². The van der Waals surface area contributed by atoms with Crippen LogP contribution < -0.4 is 8.93 Å². The fraction of sp³-hybridized carbons (Fsp3) is 0.409. The molecule has 0 aliphatic carbocycles. The first kappa shape index (κ1) is 18.6. The van der Waals surface area contributed by atoms with Gasteiger partial charge in [0.05, 0.1) is 0 Å². The summed E-state index contributed by atoms with van der Waals surface area (Å²) in [4.78, 5) is 5.28. The van der Waals surface area contributed by atoms with Gasteiger partial charge in [-0.3, -0.25) is 0 Å². The summed E-state index contributed by atoms with van der Waals surface area (Å²) in [5.41, 5.74) is 3.77. The Morgan fingerprint density at radius 2 is 1.88 bits per heavy atom. The fourth-order valence-electron chi connectivity index (χ4n) is 3.54. The van der Waals surface area contributed by atoms with Gasteiger partial charge in [0.15, 0.2) is 0 Å². The van der Waals surface area contributed by atoms with Crippen molar-refractivity contribution in [1.82, 2.24) is 5.32 Å². The third-order valence-corrected chi connectivity index (χ3v) is 8.39. The van der Waals surface area contributed by atoms with Crippen molar-refractivity contribution < 1.29 is 0 Å². The van der Waals surface area contributed by atoms with Crippen molar-refractivity contribution in [3.05, 3.63) is 59.7 Å². The van der Waals surface area contributed by atoms with Crippen molar-refractivity contribution in [2.45, 2.75) is 46.1 Å². The van der Waals surface area contributed by atoms with Gasteiger partial charge < -0.3 is 0 Å². The molecule has 0 bridgehead atoms. The number of aliphatic imine (C=N–C) groups is 1. The second kappa shape index (κ2) is 8.04. The number of rotatable bonds is 5. The summed E-state index contributed by atoms with van der Waals surface area (Å²) >= 11 is -0.512. The van der Waals surface area contributed by atoms with Gasteiger partial charge in [-0.15, -0.1) is 0 Å². The van der Waals surface area contributed by atoms with E-state index in [4.69, 9.17) is 4.99 Å². The molecule has 0 amide bonds. The Morgan fingerprint density at radius 1 is 1.12 bits per heavy atom. The first-order chi connectivity index (χ1) is 12.0. The van der Waals surface area contributed by atoms with E-state index in [2.05, 4.69) is 81.5 Å².